The van der Waals surface area contributed by atoms with E-state index in [9.17, 15) is 18.9 Å². The number of hydrogen-bond donors (Lipinski definition) is 1. The minimum absolute atomic E-state index is 0.0166. The van der Waals surface area contributed by atoms with E-state index in [1.165, 1.54) is 6.07 Å². The van der Waals surface area contributed by atoms with Crippen LogP contribution in [-0.2, 0) is 6.61 Å². The van der Waals surface area contributed by atoms with Crippen LogP contribution < -0.4 is 4.74 Å². The average molecular weight is 316 g/mol. The number of nitro groups is 1. The van der Waals surface area contributed by atoms with Gasteiger partial charge in [0.2, 0.25) is 5.75 Å². The van der Waals surface area contributed by atoms with E-state index in [1.54, 1.807) is 0 Å². The van der Waals surface area contributed by atoms with Gasteiger partial charge in [0, 0.05) is 11.1 Å². The van der Waals surface area contributed by atoms with Gasteiger partial charge in [0.15, 0.2) is 17.4 Å². The number of halogens is 3. The van der Waals surface area contributed by atoms with Crippen LogP contribution in [0.2, 0.25) is 5.02 Å². The maximum Gasteiger partial charge on any atom is 0.313 e. The first kappa shape index (κ1) is 15.1. The number of ether oxygens (including phenoxy) is 1. The summed E-state index contributed by atoms with van der Waals surface area (Å²) in [5.74, 6) is -3.30. The van der Waals surface area contributed by atoms with Crippen LogP contribution in [0, 0.1) is 21.7 Å². The second-order valence-corrected chi connectivity index (χ2v) is 4.45. The highest BCUT2D eigenvalue weighted by molar-refractivity contribution is 6.30. The summed E-state index contributed by atoms with van der Waals surface area (Å²) in [5, 5.41) is 19.8. The zero-order valence-electron chi connectivity index (χ0n) is 10.3. The van der Waals surface area contributed by atoms with Gasteiger partial charge in [-0.3, -0.25) is 10.1 Å². The average Bonchev–Trinajstić information content (AvgIpc) is 2.43. The summed E-state index contributed by atoms with van der Waals surface area (Å²) in [4.78, 5) is 10.1. The van der Waals surface area contributed by atoms with Crippen molar-refractivity contribution in [1.82, 2.24) is 0 Å². The lowest BCUT2D eigenvalue weighted by Crippen LogP contribution is -1.98. The van der Waals surface area contributed by atoms with Crippen molar-refractivity contribution in [2.75, 3.05) is 0 Å². The van der Waals surface area contributed by atoms with E-state index in [0.717, 1.165) is 24.3 Å². The van der Waals surface area contributed by atoms with Gasteiger partial charge in [-0.25, -0.2) is 8.78 Å². The molecule has 110 valence electrons. The van der Waals surface area contributed by atoms with Crippen LogP contribution in [0.3, 0.4) is 0 Å². The van der Waals surface area contributed by atoms with Gasteiger partial charge in [-0.2, -0.15) is 0 Å². The topological polar surface area (TPSA) is 72.6 Å². The molecule has 0 unspecified atom stereocenters. The number of hydrogen-bond acceptors (Lipinski definition) is 4. The SMILES string of the molecule is O=[N+]([O-])c1cc(Cl)ccc1Oc1c(F)cc(CO)cc1F. The van der Waals surface area contributed by atoms with Gasteiger partial charge in [0.25, 0.3) is 0 Å². The molecule has 2 aromatic rings. The molecule has 21 heavy (non-hydrogen) atoms. The van der Waals surface area contributed by atoms with Crippen molar-refractivity contribution in [3.63, 3.8) is 0 Å². The Hall–Kier alpha value is -2.25. The lowest BCUT2D eigenvalue weighted by molar-refractivity contribution is -0.385. The predicted molar refractivity (Wildman–Crippen MR) is 70.5 cm³/mol. The van der Waals surface area contributed by atoms with E-state index in [4.69, 9.17) is 21.4 Å². The third-order valence-electron chi connectivity index (χ3n) is 2.57. The molecule has 2 rings (SSSR count). The molecule has 0 bridgehead atoms. The molecule has 0 saturated heterocycles. The molecule has 0 aliphatic rings. The van der Waals surface area contributed by atoms with E-state index in [-0.39, 0.29) is 16.3 Å². The summed E-state index contributed by atoms with van der Waals surface area (Å²) in [5.41, 5.74) is -0.504. The second kappa shape index (κ2) is 6.02. The third kappa shape index (κ3) is 3.26. The van der Waals surface area contributed by atoms with Gasteiger partial charge in [-0.05, 0) is 29.8 Å². The van der Waals surface area contributed by atoms with Crippen molar-refractivity contribution in [1.29, 1.82) is 0 Å². The number of nitro benzene ring substituents is 1. The lowest BCUT2D eigenvalue weighted by atomic mass is 10.2. The Morgan fingerprint density at radius 3 is 2.38 bits per heavy atom. The first-order chi connectivity index (χ1) is 9.92. The lowest BCUT2D eigenvalue weighted by Gasteiger charge is -2.09. The smallest absolute Gasteiger partial charge is 0.313 e. The zero-order valence-corrected chi connectivity index (χ0v) is 11.1. The Labute approximate surface area is 122 Å². The molecular weight excluding hydrogens is 308 g/mol. The summed E-state index contributed by atoms with van der Waals surface area (Å²) in [6, 6.07) is 5.19. The maximum atomic E-state index is 13.7. The molecule has 0 radical (unpaired) electrons. The van der Waals surface area contributed by atoms with Crippen molar-refractivity contribution in [2.45, 2.75) is 6.61 Å². The largest absolute Gasteiger partial charge is 0.444 e. The number of aliphatic hydroxyl groups excluding tert-OH is 1. The molecule has 0 saturated carbocycles. The fourth-order valence-corrected chi connectivity index (χ4v) is 1.80. The highest BCUT2D eigenvalue weighted by atomic mass is 35.5. The Bertz CT molecular complexity index is 686. The van der Waals surface area contributed by atoms with Gasteiger partial charge in [0.1, 0.15) is 0 Å². The van der Waals surface area contributed by atoms with E-state index >= 15 is 0 Å². The zero-order chi connectivity index (χ0) is 15.6. The molecule has 0 spiro atoms. The normalized spacial score (nSPS) is 10.5. The van der Waals surface area contributed by atoms with Crippen molar-refractivity contribution < 1.29 is 23.5 Å². The van der Waals surface area contributed by atoms with Gasteiger partial charge in [-0.15, -0.1) is 0 Å². The summed E-state index contributed by atoms with van der Waals surface area (Å²) in [6.45, 7) is -0.546. The van der Waals surface area contributed by atoms with Gasteiger partial charge in [0.05, 0.1) is 11.5 Å². The standard InChI is InChI=1S/C13H8ClF2NO4/c14-8-1-2-12(11(5-8)17(19)20)21-13-9(15)3-7(6-18)4-10(13)16/h1-5,18H,6H2. The van der Waals surface area contributed by atoms with E-state index < -0.39 is 34.6 Å². The molecule has 0 aliphatic carbocycles. The number of nitrogens with zero attached hydrogens (tertiary/aromatic N) is 1. The Balaban J connectivity index is 2.46. The van der Waals surface area contributed by atoms with Gasteiger partial charge < -0.3 is 9.84 Å². The van der Waals surface area contributed by atoms with Crippen molar-refractivity contribution in [3.8, 4) is 11.5 Å². The number of benzene rings is 2. The van der Waals surface area contributed by atoms with Crippen LogP contribution in [0.4, 0.5) is 14.5 Å². The minimum Gasteiger partial charge on any atom is -0.444 e. The monoisotopic (exact) mass is 315 g/mol. The Kier molecular flexibility index (Phi) is 4.35. The molecule has 0 heterocycles. The first-order valence-corrected chi connectivity index (χ1v) is 6.00. The van der Waals surface area contributed by atoms with Crippen LogP contribution >= 0.6 is 11.6 Å². The molecule has 0 atom stereocenters. The molecule has 1 N–H and O–H groups in total. The Morgan fingerprint density at radius 2 is 1.86 bits per heavy atom. The first-order valence-electron chi connectivity index (χ1n) is 5.63. The van der Waals surface area contributed by atoms with Crippen molar-refractivity contribution >= 4 is 17.3 Å². The van der Waals surface area contributed by atoms with Crippen LogP contribution in [0.15, 0.2) is 30.3 Å². The summed E-state index contributed by atoms with van der Waals surface area (Å²) >= 11 is 5.63. The molecule has 0 aromatic heterocycles. The van der Waals surface area contributed by atoms with Crippen LogP contribution in [0.25, 0.3) is 0 Å². The van der Waals surface area contributed by atoms with Crippen LogP contribution in [0.1, 0.15) is 5.56 Å². The Morgan fingerprint density at radius 1 is 1.24 bits per heavy atom. The minimum atomic E-state index is -1.08. The molecule has 0 amide bonds. The second-order valence-electron chi connectivity index (χ2n) is 4.02. The van der Waals surface area contributed by atoms with Gasteiger partial charge >= 0.3 is 5.69 Å². The fourth-order valence-electron chi connectivity index (χ4n) is 1.63. The van der Waals surface area contributed by atoms with E-state index in [0.29, 0.717) is 0 Å². The summed E-state index contributed by atoms with van der Waals surface area (Å²) in [6.07, 6.45) is 0. The molecule has 2 aromatic carbocycles. The van der Waals surface area contributed by atoms with Crippen LogP contribution in [0.5, 0.6) is 11.5 Å². The fraction of sp³-hybridized carbons (Fsp3) is 0.0769. The molecular formula is C13H8ClF2NO4. The van der Waals surface area contributed by atoms with Crippen molar-refractivity contribution in [2.24, 2.45) is 0 Å². The molecule has 0 fully saturated rings. The summed E-state index contributed by atoms with van der Waals surface area (Å²) < 4.78 is 32.4. The molecule has 0 aliphatic heterocycles. The van der Waals surface area contributed by atoms with Crippen molar-refractivity contribution in [3.05, 3.63) is 62.7 Å². The van der Waals surface area contributed by atoms with E-state index in [2.05, 4.69) is 0 Å². The highest BCUT2D eigenvalue weighted by Gasteiger charge is 2.20. The van der Waals surface area contributed by atoms with Crippen LogP contribution in [-0.4, -0.2) is 10.0 Å². The molecule has 8 heteroatoms. The number of aliphatic hydroxyl groups is 1. The summed E-state index contributed by atoms with van der Waals surface area (Å²) in [7, 11) is 0. The predicted octanol–water partition coefficient (Wildman–Crippen LogP) is 3.81. The quantitative estimate of drug-likeness (QED) is 0.688. The number of rotatable bonds is 4. The van der Waals surface area contributed by atoms with Gasteiger partial charge in [-0.1, -0.05) is 11.6 Å². The third-order valence-corrected chi connectivity index (χ3v) is 2.81. The molecule has 5 nitrogen and oxygen atoms in total. The van der Waals surface area contributed by atoms with E-state index in [1.807, 2.05) is 0 Å². The maximum absolute atomic E-state index is 13.7. The highest BCUT2D eigenvalue weighted by Crippen LogP contribution is 2.36.